The minimum Gasteiger partial charge on any atom is -0.457 e. The molecule has 1 saturated heterocycles. The van der Waals surface area contributed by atoms with E-state index in [-0.39, 0.29) is 17.5 Å². The van der Waals surface area contributed by atoms with Gasteiger partial charge in [0, 0.05) is 26.1 Å². The number of hydrogen-bond acceptors (Lipinski definition) is 6. The zero-order valence-corrected chi connectivity index (χ0v) is 19.6. The van der Waals surface area contributed by atoms with Gasteiger partial charge in [-0.05, 0) is 36.6 Å². The molecule has 1 aliphatic heterocycles. The Bertz CT molecular complexity index is 1200. The lowest BCUT2D eigenvalue weighted by Gasteiger charge is -2.26. The summed E-state index contributed by atoms with van der Waals surface area (Å²) in [5.41, 5.74) is 2.49. The SMILES string of the molecule is CCCn1c(COC(=O)CCc2ccccc2)nc2cc(S(=O)(=O)N3CCOCC3)ccc21. The summed E-state index contributed by atoms with van der Waals surface area (Å²) in [6.07, 6.45) is 1.78. The number of ether oxygens (including phenoxy) is 2. The van der Waals surface area contributed by atoms with Crippen molar-refractivity contribution in [3.63, 3.8) is 0 Å². The Morgan fingerprint density at radius 3 is 2.61 bits per heavy atom. The Labute approximate surface area is 194 Å². The van der Waals surface area contributed by atoms with E-state index in [0.717, 1.165) is 17.5 Å². The second-order valence-electron chi connectivity index (χ2n) is 7.99. The number of esters is 1. The molecule has 0 amide bonds. The van der Waals surface area contributed by atoms with Crippen LogP contribution in [0.2, 0.25) is 0 Å². The second-order valence-corrected chi connectivity index (χ2v) is 9.93. The molecule has 33 heavy (non-hydrogen) atoms. The van der Waals surface area contributed by atoms with Gasteiger partial charge in [-0.25, -0.2) is 13.4 Å². The lowest BCUT2D eigenvalue weighted by Crippen LogP contribution is -2.40. The molecule has 1 aliphatic rings. The number of hydrogen-bond donors (Lipinski definition) is 0. The number of morpholine rings is 1. The Balaban J connectivity index is 1.50. The van der Waals surface area contributed by atoms with E-state index in [1.807, 2.05) is 34.9 Å². The van der Waals surface area contributed by atoms with Crippen molar-refractivity contribution in [2.45, 2.75) is 44.2 Å². The molecule has 1 fully saturated rings. The number of carbonyl (C=O) groups excluding carboxylic acids is 1. The van der Waals surface area contributed by atoms with Gasteiger partial charge in [-0.3, -0.25) is 4.79 Å². The fourth-order valence-electron chi connectivity index (χ4n) is 3.95. The van der Waals surface area contributed by atoms with Gasteiger partial charge in [0.05, 0.1) is 29.1 Å². The molecule has 2 aromatic carbocycles. The molecule has 0 bridgehead atoms. The summed E-state index contributed by atoms with van der Waals surface area (Å²) in [5, 5.41) is 0. The zero-order chi connectivity index (χ0) is 23.3. The summed E-state index contributed by atoms with van der Waals surface area (Å²) in [5.74, 6) is 0.324. The molecule has 8 nitrogen and oxygen atoms in total. The van der Waals surface area contributed by atoms with E-state index in [4.69, 9.17) is 9.47 Å². The summed E-state index contributed by atoms with van der Waals surface area (Å²) < 4.78 is 40.2. The standard InChI is InChI=1S/C24H29N3O5S/c1-2-12-27-22-10-9-20(33(29,30)26-13-15-31-16-14-26)17-21(22)25-23(27)18-32-24(28)11-8-19-6-4-3-5-7-19/h3-7,9-10,17H,2,8,11-16,18H2,1H3. The third kappa shape index (κ3) is 5.43. The fraction of sp³-hybridized carbons (Fsp3) is 0.417. The Kier molecular flexibility index (Phi) is 7.42. The third-order valence-electron chi connectivity index (χ3n) is 5.68. The van der Waals surface area contributed by atoms with Crippen molar-refractivity contribution in [2.24, 2.45) is 0 Å². The maximum absolute atomic E-state index is 13.0. The van der Waals surface area contributed by atoms with Crippen molar-refractivity contribution in [1.82, 2.24) is 13.9 Å². The van der Waals surface area contributed by atoms with Gasteiger partial charge < -0.3 is 14.0 Å². The average Bonchev–Trinajstić information content (AvgIpc) is 3.19. The highest BCUT2D eigenvalue weighted by atomic mass is 32.2. The van der Waals surface area contributed by atoms with Crippen LogP contribution in [-0.2, 0) is 43.9 Å². The van der Waals surface area contributed by atoms with E-state index in [2.05, 4.69) is 11.9 Å². The smallest absolute Gasteiger partial charge is 0.306 e. The third-order valence-corrected chi connectivity index (χ3v) is 7.57. The lowest BCUT2D eigenvalue weighted by atomic mass is 10.1. The summed E-state index contributed by atoms with van der Waals surface area (Å²) in [4.78, 5) is 17.1. The van der Waals surface area contributed by atoms with Gasteiger partial charge in [0.25, 0.3) is 0 Å². The number of benzene rings is 2. The quantitative estimate of drug-likeness (QED) is 0.446. The van der Waals surface area contributed by atoms with E-state index < -0.39 is 10.0 Å². The minimum absolute atomic E-state index is 0.0495. The van der Waals surface area contributed by atoms with Gasteiger partial charge in [0.2, 0.25) is 10.0 Å². The molecular formula is C24H29N3O5S. The van der Waals surface area contributed by atoms with Crippen LogP contribution in [0.1, 0.15) is 31.2 Å². The largest absolute Gasteiger partial charge is 0.457 e. The molecule has 0 radical (unpaired) electrons. The van der Waals surface area contributed by atoms with Crippen LogP contribution in [0.4, 0.5) is 0 Å². The molecule has 0 atom stereocenters. The number of aromatic nitrogens is 2. The van der Waals surface area contributed by atoms with Crippen LogP contribution in [0, 0.1) is 0 Å². The lowest BCUT2D eigenvalue weighted by molar-refractivity contribution is -0.145. The van der Waals surface area contributed by atoms with E-state index in [1.54, 1.807) is 18.2 Å². The van der Waals surface area contributed by atoms with Crippen molar-refractivity contribution in [3.05, 3.63) is 59.9 Å². The average molecular weight is 472 g/mol. The molecule has 0 spiro atoms. The monoisotopic (exact) mass is 471 g/mol. The summed E-state index contributed by atoms with van der Waals surface area (Å²) in [6, 6.07) is 14.8. The molecule has 0 N–H and O–H groups in total. The van der Waals surface area contributed by atoms with Crippen LogP contribution in [0.3, 0.4) is 0 Å². The number of aryl methyl sites for hydroxylation is 2. The Morgan fingerprint density at radius 2 is 1.88 bits per heavy atom. The van der Waals surface area contributed by atoms with Crippen LogP contribution < -0.4 is 0 Å². The van der Waals surface area contributed by atoms with E-state index >= 15 is 0 Å². The molecule has 0 unspecified atom stereocenters. The number of nitrogens with zero attached hydrogens (tertiary/aromatic N) is 3. The van der Waals surface area contributed by atoms with Gasteiger partial charge in [-0.15, -0.1) is 0 Å². The number of fused-ring (bicyclic) bond motifs is 1. The van der Waals surface area contributed by atoms with Crippen molar-refractivity contribution < 1.29 is 22.7 Å². The topological polar surface area (TPSA) is 90.7 Å². The number of rotatable bonds is 9. The van der Waals surface area contributed by atoms with Crippen molar-refractivity contribution >= 4 is 27.0 Å². The summed E-state index contributed by atoms with van der Waals surface area (Å²) in [6.45, 7) is 4.28. The van der Waals surface area contributed by atoms with E-state index in [0.29, 0.717) is 57.0 Å². The highest BCUT2D eigenvalue weighted by molar-refractivity contribution is 7.89. The Morgan fingerprint density at radius 1 is 1.12 bits per heavy atom. The first kappa shape index (κ1) is 23.4. The van der Waals surface area contributed by atoms with Crippen LogP contribution >= 0.6 is 0 Å². The maximum atomic E-state index is 13.0. The van der Waals surface area contributed by atoms with Gasteiger partial charge >= 0.3 is 5.97 Å². The molecule has 3 aromatic rings. The fourth-order valence-corrected chi connectivity index (χ4v) is 5.38. The van der Waals surface area contributed by atoms with Gasteiger partial charge in [0.1, 0.15) is 12.4 Å². The number of sulfonamides is 1. The molecular weight excluding hydrogens is 442 g/mol. The second kappa shape index (κ2) is 10.5. The van der Waals surface area contributed by atoms with Crippen LogP contribution in [-0.4, -0.2) is 54.5 Å². The summed E-state index contributed by atoms with van der Waals surface area (Å²) in [7, 11) is -3.61. The summed E-state index contributed by atoms with van der Waals surface area (Å²) >= 11 is 0. The van der Waals surface area contributed by atoms with Crippen molar-refractivity contribution in [1.29, 1.82) is 0 Å². The van der Waals surface area contributed by atoms with E-state index in [1.165, 1.54) is 4.31 Å². The molecule has 2 heterocycles. The van der Waals surface area contributed by atoms with Crippen molar-refractivity contribution in [3.8, 4) is 0 Å². The first-order valence-corrected chi connectivity index (χ1v) is 12.7. The van der Waals surface area contributed by atoms with Gasteiger partial charge in [-0.1, -0.05) is 37.3 Å². The molecule has 0 saturated carbocycles. The molecule has 4 rings (SSSR count). The van der Waals surface area contributed by atoms with Gasteiger partial charge in [-0.2, -0.15) is 4.31 Å². The van der Waals surface area contributed by atoms with Crippen molar-refractivity contribution in [2.75, 3.05) is 26.3 Å². The highest BCUT2D eigenvalue weighted by Crippen LogP contribution is 2.24. The first-order chi connectivity index (χ1) is 16.0. The number of carbonyl (C=O) groups is 1. The predicted octanol–water partition coefficient (Wildman–Crippen LogP) is 3.14. The number of imidazole rings is 1. The van der Waals surface area contributed by atoms with Crippen LogP contribution in [0.5, 0.6) is 0 Å². The van der Waals surface area contributed by atoms with Crippen LogP contribution in [0.15, 0.2) is 53.4 Å². The zero-order valence-electron chi connectivity index (χ0n) is 18.8. The Hall–Kier alpha value is -2.75. The van der Waals surface area contributed by atoms with Crippen LogP contribution in [0.25, 0.3) is 11.0 Å². The molecule has 0 aliphatic carbocycles. The highest BCUT2D eigenvalue weighted by Gasteiger charge is 2.27. The van der Waals surface area contributed by atoms with E-state index in [9.17, 15) is 13.2 Å². The normalized spacial score (nSPS) is 15.1. The first-order valence-electron chi connectivity index (χ1n) is 11.3. The maximum Gasteiger partial charge on any atom is 0.306 e. The molecule has 9 heteroatoms. The molecule has 1 aromatic heterocycles. The predicted molar refractivity (Wildman–Crippen MR) is 124 cm³/mol. The molecule has 176 valence electrons. The van der Waals surface area contributed by atoms with Gasteiger partial charge in [0.15, 0.2) is 0 Å². The minimum atomic E-state index is -3.61.